The molecule has 2 N–H and O–H groups in total. The first-order valence-electron chi connectivity index (χ1n) is 11.6. The molecular weight excluding hydrogens is 394 g/mol. The van der Waals surface area contributed by atoms with Gasteiger partial charge in [0.25, 0.3) is 0 Å². The van der Waals surface area contributed by atoms with E-state index in [9.17, 15) is 10.2 Å². The van der Waals surface area contributed by atoms with Crippen molar-refractivity contribution in [1.29, 1.82) is 0 Å². The van der Waals surface area contributed by atoms with Crippen LogP contribution in [0.2, 0.25) is 0 Å². The van der Waals surface area contributed by atoms with Crippen molar-refractivity contribution in [2.45, 2.75) is 84.5 Å². The van der Waals surface area contributed by atoms with Crippen LogP contribution in [0.25, 0.3) is 21.8 Å². The summed E-state index contributed by atoms with van der Waals surface area (Å²) in [6, 6.07) is 12.6. The molecule has 0 aliphatic heterocycles. The maximum atomic E-state index is 9.97. The van der Waals surface area contributed by atoms with Crippen molar-refractivity contribution < 1.29 is 10.2 Å². The predicted octanol–water partition coefficient (Wildman–Crippen LogP) is 6.01. The molecule has 0 fully saturated rings. The molecule has 0 spiro atoms. The van der Waals surface area contributed by atoms with Gasteiger partial charge < -0.3 is 14.8 Å². The molecule has 0 amide bonds. The summed E-state index contributed by atoms with van der Waals surface area (Å²) in [7, 11) is 0. The summed E-state index contributed by atoms with van der Waals surface area (Å²) in [6.07, 6.45) is 6.21. The summed E-state index contributed by atoms with van der Waals surface area (Å²) in [5.74, 6) is 12.0. The summed E-state index contributed by atoms with van der Waals surface area (Å²) in [5.41, 5.74) is 2.10. The van der Waals surface area contributed by atoms with E-state index < -0.39 is 11.2 Å². The average Bonchev–Trinajstić information content (AvgIpc) is 3.02. The third kappa shape index (κ3) is 6.39. The van der Waals surface area contributed by atoms with Crippen LogP contribution in [-0.4, -0.2) is 26.0 Å². The Hall–Kier alpha value is -2.72. The van der Waals surface area contributed by atoms with Crippen molar-refractivity contribution in [2.24, 2.45) is 0 Å². The van der Waals surface area contributed by atoms with Gasteiger partial charge in [-0.25, -0.2) is 0 Å². The van der Waals surface area contributed by atoms with Crippen LogP contribution in [0, 0.1) is 23.7 Å². The second-order valence-electron chi connectivity index (χ2n) is 9.65. The molecule has 3 nitrogen and oxygen atoms in total. The third-order valence-electron chi connectivity index (χ3n) is 5.38. The Morgan fingerprint density at radius 1 is 0.719 bits per heavy atom. The normalized spacial score (nSPS) is 11.8. The maximum absolute atomic E-state index is 9.97. The maximum Gasteiger partial charge on any atom is 0.120 e. The Labute approximate surface area is 192 Å². The van der Waals surface area contributed by atoms with Crippen molar-refractivity contribution in [3.63, 3.8) is 0 Å². The van der Waals surface area contributed by atoms with Crippen LogP contribution in [0.1, 0.15) is 77.8 Å². The second kappa shape index (κ2) is 9.83. The fourth-order valence-corrected chi connectivity index (χ4v) is 3.82. The molecular formula is C29H35NO2. The Morgan fingerprint density at radius 3 is 1.62 bits per heavy atom. The van der Waals surface area contributed by atoms with Crippen molar-refractivity contribution in [2.75, 3.05) is 0 Å². The number of aryl methyl sites for hydroxylation is 1. The Kier molecular flexibility index (Phi) is 7.35. The van der Waals surface area contributed by atoms with Gasteiger partial charge in [0.2, 0.25) is 0 Å². The summed E-state index contributed by atoms with van der Waals surface area (Å²) in [6.45, 7) is 9.98. The Morgan fingerprint density at radius 2 is 1.19 bits per heavy atom. The minimum atomic E-state index is -1.03. The van der Waals surface area contributed by atoms with Crippen LogP contribution in [0.15, 0.2) is 36.4 Å². The highest BCUT2D eigenvalue weighted by atomic mass is 16.3. The van der Waals surface area contributed by atoms with Gasteiger partial charge in [0.1, 0.15) is 11.2 Å². The fraction of sp³-hybridized carbons (Fsp3) is 0.448. The molecule has 1 aromatic heterocycles. The van der Waals surface area contributed by atoms with E-state index in [1.807, 2.05) is 12.1 Å². The van der Waals surface area contributed by atoms with Gasteiger partial charge in [-0.2, -0.15) is 0 Å². The lowest BCUT2D eigenvalue weighted by Gasteiger charge is -2.08. The number of benzene rings is 2. The van der Waals surface area contributed by atoms with E-state index in [1.54, 1.807) is 27.7 Å². The first-order valence-corrected chi connectivity index (χ1v) is 11.6. The number of nitrogens with zero attached hydrogens (tertiary/aromatic N) is 1. The summed E-state index contributed by atoms with van der Waals surface area (Å²) in [4.78, 5) is 0. The minimum Gasteiger partial charge on any atom is -0.378 e. The number of rotatable bonds is 6. The number of aromatic nitrogens is 1. The zero-order valence-corrected chi connectivity index (χ0v) is 20.0. The molecule has 0 saturated carbocycles. The molecule has 0 radical (unpaired) electrons. The van der Waals surface area contributed by atoms with Crippen molar-refractivity contribution in [3.05, 3.63) is 47.5 Å². The van der Waals surface area contributed by atoms with Gasteiger partial charge >= 0.3 is 0 Å². The van der Waals surface area contributed by atoms with Gasteiger partial charge in [0.15, 0.2) is 0 Å². The molecule has 32 heavy (non-hydrogen) atoms. The fourth-order valence-electron chi connectivity index (χ4n) is 3.82. The van der Waals surface area contributed by atoms with Crippen LogP contribution in [0.4, 0.5) is 0 Å². The number of hydrogen-bond acceptors (Lipinski definition) is 2. The second-order valence-corrected chi connectivity index (χ2v) is 9.65. The van der Waals surface area contributed by atoms with E-state index in [0.29, 0.717) is 0 Å². The van der Waals surface area contributed by atoms with Crippen LogP contribution >= 0.6 is 0 Å². The number of unbranched alkanes of at least 4 members (excludes halogenated alkanes) is 4. The van der Waals surface area contributed by atoms with Crippen LogP contribution in [0.5, 0.6) is 0 Å². The van der Waals surface area contributed by atoms with Gasteiger partial charge in [0, 0.05) is 39.5 Å². The SMILES string of the molecule is CCCCCCCn1c2ccc(C#CC(C)(C)O)cc2c2cc(C#CC(C)(C)O)ccc21. The molecule has 0 aliphatic carbocycles. The molecule has 3 rings (SSSR count). The van der Waals surface area contributed by atoms with E-state index in [4.69, 9.17) is 0 Å². The smallest absolute Gasteiger partial charge is 0.120 e. The highest BCUT2D eigenvalue weighted by Crippen LogP contribution is 2.31. The van der Waals surface area contributed by atoms with Gasteiger partial charge in [-0.15, -0.1) is 0 Å². The van der Waals surface area contributed by atoms with Crippen molar-refractivity contribution >= 4 is 21.8 Å². The first kappa shape index (κ1) is 23.9. The molecule has 0 aliphatic rings. The van der Waals surface area contributed by atoms with Crippen LogP contribution in [-0.2, 0) is 6.54 Å². The quantitative estimate of drug-likeness (QED) is 0.372. The molecule has 2 aromatic carbocycles. The topological polar surface area (TPSA) is 45.4 Å². The van der Waals surface area contributed by atoms with Crippen LogP contribution in [0.3, 0.4) is 0 Å². The lowest BCUT2D eigenvalue weighted by Crippen LogP contribution is -2.14. The number of fused-ring (bicyclic) bond motifs is 3. The predicted molar refractivity (Wildman–Crippen MR) is 135 cm³/mol. The lowest BCUT2D eigenvalue weighted by molar-refractivity contribution is 0.143. The zero-order chi connectivity index (χ0) is 23.4. The monoisotopic (exact) mass is 429 g/mol. The summed E-state index contributed by atoms with van der Waals surface area (Å²) < 4.78 is 2.40. The van der Waals surface area contributed by atoms with E-state index in [2.05, 4.69) is 59.4 Å². The molecule has 0 atom stereocenters. The Bertz CT molecular complexity index is 1120. The molecule has 0 unspecified atom stereocenters. The van der Waals surface area contributed by atoms with E-state index >= 15 is 0 Å². The molecule has 168 valence electrons. The number of aliphatic hydroxyl groups is 2. The van der Waals surface area contributed by atoms with Gasteiger partial charge in [-0.1, -0.05) is 56.3 Å². The molecule has 1 heterocycles. The van der Waals surface area contributed by atoms with E-state index in [-0.39, 0.29) is 0 Å². The van der Waals surface area contributed by atoms with E-state index in [1.165, 1.54) is 36.7 Å². The summed E-state index contributed by atoms with van der Waals surface area (Å²) in [5, 5.41) is 22.2. The van der Waals surface area contributed by atoms with E-state index in [0.717, 1.165) is 34.9 Å². The average molecular weight is 430 g/mol. The standard InChI is InChI=1S/C29H35NO2/c1-6-7-8-9-10-19-30-26-13-11-22(15-17-28(2,3)31)20-24(26)25-21-23(12-14-27(25)30)16-18-29(4,5)32/h11-14,20-21,31-32H,6-10,19H2,1-5H3. The highest BCUT2D eigenvalue weighted by molar-refractivity contribution is 6.09. The Balaban J connectivity index is 2.09. The van der Waals surface area contributed by atoms with Gasteiger partial charge in [-0.05, 0) is 70.5 Å². The van der Waals surface area contributed by atoms with Crippen molar-refractivity contribution in [3.8, 4) is 23.7 Å². The third-order valence-corrected chi connectivity index (χ3v) is 5.38. The highest BCUT2D eigenvalue weighted by Gasteiger charge is 2.13. The molecule has 0 bridgehead atoms. The number of hydrogen-bond donors (Lipinski definition) is 2. The minimum absolute atomic E-state index is 0.884. The summed E-state index contributed by atoms with van der Waals surface area (Å²) >= 11 is 0. The first-order chi connectivity index (χ1) is 15.1. The van der Waals surface area contributed by atoms with Gasteiger partial charge in [0.05, 0.1) is 0 Å². The molecule has 3 heteroatoms. The lowest BCUT2D eigenvalue weighted by atomic mass is 10.1. The van der Waals surface area contributed by atoms with Crippen molar-refractivity contribution in [1.82, 2.24) is 4.57 Å². The zero-order valence-electron chi connectivity index (χ0n) is 20.0. The molecule has 3 aromatic rings. The van der Waals surface area contributed by atoms with Crippen LogP contribution < -0.4 is 0 Å². The largest absolute Gasteiger partial charge is 0.378 e. The molecule has 0 saturated heterocycles. The van der Waals surface area contributed by atoms with Gasteiger partial charge in [-0.3, -0.25) is 0 Å².